The summed E-state index contributed by atoms with van der Waals surface area (Å²) in [5.74, 6) is 0.00176. The second-order valence-corrected chi connectivity index (χ2v) is 4.99. The van der Waals surface area contributed by atoms with Gasteiger partial charge in [0.15, 0.2) is 12.1 Å². The Kier molecular flexibility index (Phi) is 4.65. The van der Waals surface area contributed by atoms with E-state index in [0.717, 1.165) is 0 Å². The molecule has 1 aromatic heterocycles. The molecule has 1 heterocycles. The zero-order valence-corrected chi connectivity index (χ0v) is 12.1. The van der Waals surface area contributed by atoms with E-state index in [1.165, 1.54) is 12.5 Å². The summed E-state index contributed by atoms with van der Waals surface area (Å²) in [4.78, 5) is 15.6. The Bertz CT molecular complexity index is 628. The van der Waals surface area contributed by atoms with Crippen LogP contribution in [0.1, 0.15) is 27.9 Å². The van der Waals surface area contributed by atoms with Gasteiger partial charge < -0.3 is 14.8 Å². The first-order valence-electron chi connectivity index (χ1n) is 5.80. The van der Waals surface area contributed by atoms with Gasteiger partial charge in [0.25, 0.3) is 5.91 Å². The van der Waals surface area contributed by atoms with E-state index in [1.807, 2.05) is 0 Å². The molecule has 0 aliphatic heterocycles. The van der Waals surface area contributed by atoms with E-state index in [9.17, 15) is 9.90 Å². The molecular formula is C13H12Cl2N2O3. The summed E-state index contributed by atoms with van der Waals surface area (Å²) in [5.41, 5.74) is 0.688. The molecule has 1 atom stereocenters. The average molecular weight is 315 g/mol. The first-order chi connectivity index (χ1) is 9.49. The van der Waals surface area contributed by atoms with Crippen molar-refractivity contribution in [3.05, 3.63) is 51.7 Å². The molecule has 1 aromatic carbocycles. The standard InChI is InChI=1S/C13H12Cl2N2O3/c1-7-12(17-6-20-7)13(19)16-5-11(18)9-3-2-8(14)4-10(9)15/h2-4,6,11,18H,5H2,1H3,(H,16,19). The fourth-order valence-electron chi connectivity index (χ4n) is 1.68. The monoisotopic (exact) mass is 314 g/mol. The van der Waals surface area contributed by atoms with E-state index in [2.05, 4.69) is 10.3 Å². The number of aliphatic hydroxyl groups excluding tert-OH is 1. The van der Waals surface area contributed by atoms with Crippen LogP contribution in [0.25, 0.3) is 0 Å². The average Bonchev–Trinajstić information content (AvgIpc) is 2.82. The summed E-state index contributed by atoms with van der Waals surface area (Å²) in [6.45, 7) is 1.64. The maximum Gasteiger partial charge on any atom is 0.273 e. The number of carbonyl (C=O) groups is 1. The van der Waals surface area contributed by atoms with E-state index in [4.69, 9.17) is 27.6 Å². The summed E-state index contributed by atoms with van der Waals surface area (Å²) in [6, 6.07) is 4.77. The van der Waals surface area contributed by atoms with Crippen LogP contribution >= 0.6 is 23.2 Å². The number of nitrogens with zero attached hydrogens (tertiary/aromatic N) is 1. The molecule has 0 bridgehead atoms. The zero-order valence-electron chi connectivity index (χ0n) is 10.6. The van der Waals surface area contributed by atoms with E-state index >= 15 is 0 Å². The van der Waals surface area contributed by atoms with Gasteiger partial charge in [-0.2, -0.15) is 0 Å². The predicted octanol–water partition coefficient (Wildman–Crippen LogP) is 2.75. The largest absolute Gasteiger partial charge is 0.448 e. The fourth-order valence-corrected chi connectivity index (χ4v) is 2.21. The second-order valence-electron chi connectivity index (χ2n) is 4.15. The van der Waals surface area contributed by atoms with Crippen LogP contribution in [0, 0.1) is 6.92 Å². The quantitative estimate of drug-likeness (QED) is 0.910. The molecule has 0 saturated carbocycles. The molecule has 0 fully saturated rings. The maximum absolute atomic E-state index is 11.8. The van der Waals surface area contributed by atoms with Crippen molar-refractivity contribution in [2.75, 3.05) is 6.54 Å². The molecule has 2 N–H and O–H groups in total. The summed E-state index contributed by atoms with van der Waals surface area (Å²) < 4.78 is 4.94. The number of aromatic nitrogens is 1. The van der Waals surface area contributed by atoms with E-state index < -0.39 is 12.0 Å². The summed E-state index contributed by atoms with van der Waals surface area (Å²) >= 11 is 11.8. The third kappa shape index (κ3) is 3.30. The SMILES string of the molecule is Cc1ocnc1C(=O)NCC(O)c1ccc(Cl)cc1Cl. The second kappa shape index (κ2) is 6.26. The molecule has 7 heteroatoms. The molecule has 0 aliphatic carbocycles. The lowest BCUT2D eigenvalue weighted by Gasteiger charge is -2.13. The highest BCUT2D eigenvalue weighted by Gasteiger charge is 2.17. The molecule has 20 heavy (non-hydrogen) atoms. The maximum atomic E-state index is 11.8. The van der Waals surface area contributed by atoms with Gasteiger partial charge in [-0.1, -0.05) is 29.3 Å². The van der Waals surface area contributed by atoms with Gasteiger partial charge >= 0.3 is 0 Å². The van der Waals surface area contributed by atoms with Crippen molar-refractivity contribution >= 4 is 29.1 Å². The van der Waals surface area contributed by atoms with Gasteiger partial charge in [-0.15, -0.1) is 0 Å². The number of aryl methyl sites for hydroxylation is 1. The Hall–Kier alpha value is -1.56. The highest BCUT2D eigenvalue weighted by atomic mass is 35.5. The number of halogens is 2. The van der Waals surface area contributed by atoms with Crippen molar-refractivity contribution in [2.45, 2.75) is 13.0 Å². The molecule has 0 saturated heterocycles. The molecule has 1 amide bonds. The molecule has 0 spiro atoms. The van der Waals surface area contributed by atoms with Gasteiger partial charge in [-0.05, 0) is 19.1 Å². The molecule has 2 aromatic rings. The lowest BCUT2D eigenvalue weighted by atomic mass is 10.1. The normalized spacial score (nSPS) is 12.2. The smallest absolute Gasteiger partial charge is 0.273 e. The molecular weight excluding hydrogens is 303 g/mol. The van der Waals surface area contributed by atoms with Crippen molar-refractivity contribution in [1.29, 1.82) is 0 Å². The Morgan fingerprint density at radius 1 is 1.50 bits per heavy atom. The minimum absolute atomic E-state index is 0.00643. The molecule has 5 nitrogen and oxygen atoms in total. The number of hydrogen-bond acceptors (Lipinski definition) is 4. The number of nitrogens with one attached hydrogen (secondary N) is 1. The van der Waals surface area contributed by atoms with Crippen LogP contribution in [-0.2, 0) is 0 Å². The number of oxazole rings is 1. The molecule has 0 aliphatic rings. The van der Waals surface area contributed by atoms with E-state index in [0.29, 0.717) is 21.4 Å². The highest BCUT2D eigenvalue weighted by molar-refractivity contribution is 6.35. The Labute approximate surface area is 125 Å². The van der Waals surface area contributed by atoms with Gasteiger partial charge in [-0.25, -0.2) is 4.98 Å². The summed E-state index contributed by atoms with van der Waals surface area (Å²) in [7, 11) is 0. The minimum atomic E-state index is -0.934. The van der Waals surface area contributed by atoms with E-state index in [1.54, 1.807) is 19.1 Å². The molecule has 0 radical (unpaired) electrons. The minimum Gasteiger partial charge on any atom is -0.448 e. The predicted molar refractivity (Wildman–Crippen MR) is 75.0 cm³/mol. The van der Waals surface area contributed by atoms with Crippen LogP contribution in [0.2, 0.25) is 10.0 Å². The van der Waals surface area contributed by atoms with Crippen LogP contribution in [0.4, 0.5) is 0 Å². The number of carbonyl (C=O) groups excluding carboxylic acids is 1. The number of benzene rings is 1. The third-order valence-corrected chi connectivity index (χ3v) is 3.30. The molecule has 1 unspecified atom stereocenters. The van der Waals surface area contributed by atoms with Crippen LogP contribution in [-0.4, -0.2) is 22.5 Å². The van der Waals surface area contributed by atoms with Crippen molar-refractivity contribution < 1.29 is 14.3 Å². The topological polar surface area (TPSA) is 75.4 Å². The number of rotatable bonds is 4. The van der Waals surface area contributed by atoms with Crippen LogP contribution < -0.4 is 5.32 Å². The molecule has 2 rings (SSSR count). The lowest BCUT2D eigenvalue weighted by molar-refractivity contribution is 0.0910. The highest BCUT2D eigenvalue weighted by Crippen LogP contribution is 2.25. The van der Waals surface area contributed by atoms with Crippen LogP contribution in [0.3, 0.4) is 0 Å². The Morgan fingerprint density at radius 3 is 2.85 bits per heavy atom. The van der Waals surface area contributed by atoms with Gasteiger partial charge in [0.1, 0.15) is 5.76 Å². The van der Waals surface area contributed by atoms with Gasteiger partial charge in [0.2, 0.25) is 0 Å². The first-order valence-corrected chi connectivity index (χ1v) is 6.56. The van der Waals surface area contributed by atoms with Crippen molar-refractivity contribution in [1.82, 2.24) is 10.3 Å². The van der Waals surface area contributed by atoms with E-state index in [-0.39, 0.29) is 12.2 Å². The Morgan fingerprint density at radius 2 is 2.25 bits per heavy atom. The van der Waals surface area contributed by atoms with Crippen LogP contribution in [0.5, 0.6) is 0 Å². The zero-order chi connectivity index (χ0) is 14.7. The van der Waals surface area contributed by atoms with Gasteiger partial charge in [-0.3, -0.25) is 4.79 Å². The Balaban J connectivity index is 2.00. The number of aliphatic hydroxyl groups is 1. The van der Waals surface area contributed by atoms with Crippen molar-refractivity contribution in [3.63, 3.8) is 0 Å². The van der Waals surface area contributed by atoms with Gasteiger partial charge in [0.05, 0.1) is 6.10 Å². The lowest BCUT2D eigenvalue weighted by Crippen LogP contribution is -2.29. The summed E-state index contributed by atoms with van der Waals surface area (Å²) in [5, 5.41) is 13.4. The van der Waals surface area contributed by atoms with Crippen LogP contribution in [0.15, 0.2) is 29.0 Å². The first kappa shape index (κ1) is 14.8. The van der Waals surface area contributed by atoms with Gasteiger partial charge in [0, 0.05) is 22.2 Å². The van der Waals surface area contributed by atoms with Crippen molar-refractivity contribution in [3.8, 4) is 0 Å². The number of amides is 1. The number of hydrogen-bond donors (Lipinski definition) is 2. The fraction of sp³-hybridized carbons (Fsp3) is 0.231. The van der Waals surface area contributed by atoms with Crippen molar-refractivity contribution in [2.24, 2.45) is 0 Å². The molecule has 106 valence electrons. The summed E-state index contributed by atoms with van der Waals surface area (Å²) in [6.07, 6.45) is 0.257. The third-order valence-electron chi connectivity index (χ3n) is 2.74.